The molecule has 0 saturated heterocycles. The summed E-state index contributed by atoms with van der Waals surface area (Å²) in [5.41, 5.74) is 2.86. The van der Waals surface area contributed by atoms with Gasteiger partial charge in [-0.3, -0.25) is 4.79 Å². The number of nitrogens with zero attached hydrogens (tertiary/aromatic N) is 1. The van der Waals surface area contributed by atoms with E-state index in [2.05, 4.69) is 10.6 Å². The molecule has 0 aromatic heterocycles. The molecule has 1 heterocycles. The van der Waals surface area contributed by atoms with Crippen LogP contribution < -0.4 is 15.5 Å². The third kappa shape index (κ3) is 4.45. The van der Waals surface area contributed by atoms with E-state index >= 15 is 0 Å². The first kappa shape index (κ1) is 21.5. The molecule has 32 heavy (non-hydrogen) atoms. The van der Waals surface area contributed by atoms with Crippen molar-refractivity contribution in [3.8, 4) is 0 Å². The van der Waals surface area contributed by atoms with Crippen LogP contribution in [0.5, 0.6) is 0 Å². The third-order valence-electron chi connectivity index (χ3n) is 4.87. The maximum absolute atomic E-state index is 12.9. The summed E-state index contributed by atoms with van der Waals surface area (Å²) in [6.45, 7) is 2.04. The van der Waals surface area contributed by atoms with Crippen LogP contribution in [0.2, 0.25) is 0 Å². The van der Waals surface area contributed by atoms with E-state index in [-0.39, 0.29) is 5.91 Å². The van der Waals surface area contributed by atoms with Gasteiger partial charge < -0.3 is 20.3 Å². The van der Waals surface area contributed by atoms with Gasteiger partial charge in [-0.25, -0.2) is 9.59 Å². The van der Waals surface area contributed by atoms with E-state index in [1.165, 1.54) is 11.8 Å². The minimum Gasteiger partial charge on any atom is -0.462 e. The van der Waals surface area contributed by atoms with Crippen LogP contribution in [0.1, 0.15) is 27.6 Å². The van der Waals surface area contributed by atoms with E-state index in [9.17, 15) is 14.4 Å². The van der Waals surface area contributed by atoms with Crippen LogP contribution in [0.15, 0.2) is 76.5 Å². The summed E-state index contributed by atoms with van der Waals surface area (Å²) < 4.78 is 4.95. The quantitative estimate of drug-likeness (QED) is 0.534. The van der Waals surface area contributed by atoms with Gasteiger partial charge in [-0.05, 0) is 61.5 Å². The Morgan fingerprint density at radius 3 is 2.38 bits per heavy atom. The standard InChI is InChI=1S/C24H21N3O4S/c1-3-31-23(29)15-8-10-16(11-9-15)25-24(30)26-17-12-13-21-19(14-17)27(2)22(28)18-6-4-5-7-20(18)32-21/h4-14H,3H2,1-2H3,(H2,25,26,30). The van der Waals surface area contributed by atoms with Gasteiger partial charge in [0, 0.05) is 28.2 Å². The van der Waals surface area contributed by atoms with E-state index in [1.807, 2.05) is 30.3 Å². The number of benzene rings is 3. The molecule has 7 nitrogen and oxygen atoms in total. The van der Waals surface area contributed by atoms with Gasteiger partial charge in [0.1, 0.15) is 0 Å². The molecule has 0 bridgehead atoms. The Labute approximate surface area is 189 Å². The molecule has 162 valence electrons. The summed E-state index contributed by atoms with van der Waals surface area (Å²) in [4.78, 5) is 40.5. The number of carbonyl (C=O) groups excluding carboxylic acids is 3. The lowest BCUT2D eigenvalue weighted by Crippen LogP contribution is -2.26. The second kappa shape index (κ2) is 9.15. The van der Waals surface area contributed by atoms with Crippen LogP contribution >= 0.6 is 11.8 Å². The minimum absolute atomic E-state index is 0.102. The average molecular weight is 448 g/mol. The number of carbonyl (C=O) groups is 3. The predicted molar refractivity (Wildman–Crippen MR) is 125 cm³/mol. The summed E-state index contributed by atoms with van der Waals surface area (Å²) in [5, 5.41) is 5.51. The molecule has 1 aliphatic rings. The van der Waals surface area contributed by atoms with Gasteiger partial charge in [0.05, 0.1) is 23.4 Å². The highest BCUT2D eigenvalue weighted by atomic mass is 32.2. The number of rotatable bonds is 4. The Morgan fingerprint density at radius 1 is 0.938 bits per heavy atom. The number of urea groups is 1. The van der Waals surface area contributed by atoms with Crippen molar-refractivity contribution in [2.45, 2.75) is 16.7 Å². The number of anilines is 3. The van der Waals surface area contributed by atoms with E-state index in [1.54, 1.807) is 55.3 Å². The highest BCUT2D eigenvalue weighted by Gasteiger charge is 2.24. The first-order valence-electron chi connectivity index (χ1n) is 10.0. The van der Waals surface area contributed by atoms with Gasteiger partial charge in [0.25, 0.3) is 5.91 Å². The van der Waals surface area contributed by atoms with Crippen molar-refractivity contribution >= 4 is 46.7 Å². The fraction of sp³-hybridized carbons (Fsp3) is 0.125. The van der Waals surface area contributed by atoms with Gasteiger partial charge in [-0.2, -0.15) is 0 Å². The van der Waals surface area contributed by atoms with Crippen molar-refractivity contribution in [3.05, 3.63) is 77.9 Å². The van der Waals surface area contributed by atoms with Crippen LogP contribution in [0.25, 0.3) is 0 Å². The number of esters is 1. The van der Waals surface area contributed by atoms with E-state index in [0.717, 1.165) is 9.79 Å². The van der Waals surface area contributed by atoms with E-state index < -0.39 is 12.0 Å². The average Bonchev–Trinajstić information content (AvgIpc) is 2.89. The maximum Gasteiger partial charge on any atom is 0.338 e. The second-order valence-corrected chi connectivity index (χ2v) is 8.11. The zero-order valence-corrected chi connectivity index (χ0v) is 18.4. The largest absolute Gasteiger partial charge is 0.462 e. The molecule has 0 atom stereocenters. The molecular weight excluding hydrogens is 426 g/mol. The third-order valence-corrected chi connectivity index (χ3v) is 6.02. The SMILES string of the molecule is CCOC(=O)c1ccc(NC(=O)Nc2ccc3c(c2)N(C)C(=O)c2ccccc2S3)cc1. The molecular formula is C24H21N3O4S. The fourth-order valence-corrected chi connectivity index (χ4v) is 4.37. The van der Waals surface area contributed by atoms with Gasteiger partial charge in [0.2, 0.25) is 0 Å². The highest BCUT2D eigenvalue weighted by molar-refractivity contribution is 7.99. The van der Waals surface area contributed by atoms with Crippen molar-refractivity contribution in [2.75, 3.05) is 29.2 Å². The number of fused-ring (bicyclic) bond motifs is 2. The first-order chi connectivity index (χ1) is 15.5. The maximum atomic E-state index is 12.9. The summed E-state index contributed by atoms with van der Waals surface area (Å²) in [6, 6.07) is 18.9. The molecule has 0 radical (unpaired) electrons. The number of ether oxygens (including phenoxy) is 1. The van der Waals surface area contributed by atoms with Crippen molar-refractivity contribution in [3.63, 3.8) is 0 Å². The first-order valence-corrected chi connectivity index (χ1v) is 10.8. The fourth-order valence-electron chi connectivity index (χ4n) is 3.28. The zero-order chi connectivity index (χ0) is 22.7. The number of hydrogen-bond donors (Lipinski definition) is 2. The molecule has 0 aliphatic carbocycles. The van der Waals surface area contributed by atoms with Crippen LogP contribution in [-0.2, 0) is 4.74 Å². The zero-order valence-electron chi connectivity index (χ0n) is 17.5. The van der Waals surface area contributed by atoms with Gasteiger partial charge in [-0.15, -0.1) is 0 Å². The molecule has 0 saturated carbocycles. The number of hydrogen-bond acceptors (Lipinski definition) is 5. The molecule has 3 aromatic rings. The summed E-state index contributed by atoms with van der Waals surface area (Å²) >= 11 is 1.52. The minimum atomic E-state index is -0.438. The lowest BCUT2D eigenvalue weighted by atomic mass is 10.2. The Morgan fingerprint density at radius 2 is 1.62 bits per heavy atom. The van der Waals surface area contributed by atoms with Crippen molar-refractivity contribution in [1.82, 2.24) is 0 Å². The van der Waals surface area contributed by atoms with Gasteiger partial charge in [-0.1, -0.05) is 23.9 Å². The second-order valence-electron chi connectivity index (χ2n) is 7.02. The normalized spacial score (nSPS) is 12.3. The summed E-state index contributed by atoms with van der Waals surface area (Å²) in [6.07, 6.45) is 0. The molecule has 2 N–H and O–H groups in total. The Hall–Kier alpha value is -3.78. The Balaban J connectivity index is 1.47. The van der Waals surface area contributed by atoms with Crippen LogP contribution in [0.4, 0.5) is 21.9 Å². The summed E-state index contributed by atoms with van der Waals surface area (Å²) in [5.74, 6) is -0.512. The lowest BCUT2D eigenvalue weighted by Gasteiger charge is -2.18. The van der Waals surface area contributed by atoms with Gasteiger partial charge >= 0.3 is 12.0 Å². The number of nitrogens with one attached hydrogen (secondary N) is 2. The lowest BCUT2D eigenvalue weighted by molar-refractivity contribution is 0.0526. The molecule has 3 aromatic carbocycles. The number of amides is 3. The molecule has 0 spiro atoms. The van der Waals surface area contributed by atoms with Crippen LogP contribution in [0.3, 0.4) is 0 Å². The van der Waals surface area contributed by atoms with Gasteiger partial charge in [0.15, 0.2) is 0 Å². The molecule has 8 heteroatoms. The van der Waals surface area contributed by atoms with Crippen molar-refractivity contribution in [2.24, 2.45) is 0 Å². The molecule has 4 rings (SSSR count). The molecule has 3 amide bonds. The predicted octanol–water partition coefficient (Wildman–Crippen LogP) is 5.25. The van der Waals surface area contributed by atoms with Crippen LogP contribution in [-0.4, -0.2) is 31.6 Å². The highest BCUT2D eigenvalue weighted by Crippen LogP contribution is 2.41. The van der Waals surface area contributed by atoms with Crippen molar-refractivity contribution < 1.29 is 19.1 Å². The molecule has 0 unspecified atom stereocenters. The topological polar surface area (TPSA) is 87.7 Å². The van der Waals surface area contributed by atoms with Crippen molar-refractivity contribution in [1.29, 1.82) is 0 Å². The smallest absolute Gasteiger partial charge is 0.338 e. The molecule has 0 fully saturated rings. The Kier molecular flexibility index (Phi) is 6.13. The van der Waals surface area contributed by atoms with Crippen LogP contribution in [0, 0.1) is 0 Å². The monoisotopic (exact) mass is 447 g/mol. The molecule has 1 aliphatic heterocycles. The van der Waals surface area contributed by atoms with E-state index in [0.29, 0.717) is 34.8 Å². The van der Waals surface area contributed by atoms with E-state index in [4.69, 9.17) is 4.74 Å². The Bertz CT molecular complexity index is 1190. The summed E-state index contributed by atoms with van der Waals surface area (Å²) in [7, 11) is 1.72.